The van der Waals surface area contributed by atoms with Crippen molar-refractivity contribution in [2.24, 2.45) is 5.92 Å². The zero-order valence-corrected chi connectivity index (χ0v) is 16.4. The first kappa shape index (κ1) is 20.6. The summed E-state index contributed by atoms with van der Waals surface area (Å²) in [5.74, 6) is 0.123. The van der Waals surface area contributed by atoms with E-state index in [9.17, 15) is 14.0 Å². The van der Waals surface area contributed by atoms with E-state index in [1.165, 1.54) is 36.0 Å². The van der Waals surface area contributed by atoms with E-state index >= 15 is 0 Å². The highest BCUT2D eigenvalue weighted by molar-refractivity contribution is 5.94. The van der Waals surface area contributed by atoms with E-state index < -0.39 is 0 Å². The molecule has 1 saturated heterocycles. The van der Waals surface area contributed by atoms with Crippen molar-refractivity contribution in [3.05, 3.63) is 64.3 Å². The van der Waals surface area contributed by atoms with Gasteiger partial charge in [0, 0.05) is 12.2 Å². The highest BCUT2D eigenvalue weighted by Gasteiger charge is 2.38. The Bertz CT molecular complexity index is 870. The molecule has 5 nitrogen and oxygen atoms in total. The van der Waals surface area contributed by atoms with Gasteiger partial charge in [0.05, 0.1) is 12.6 Å². The van der Waals surface area contributed by atoms with Gasteiger partial charge in [-0.2, -0.15) is 0 Å². The van der Waals surface area contributed by atoms with E-state index in [0.717, 1.165) is 18.4 Å². The quantitative estimate of drug-likeness (QED) is 0.820. The summed E-state index contributed by atoms with van der Waals surface area (Å²) in [4.78, 5) is 25.3. The Morgan fingerprint density at radius 2 is 1.93 bits per heavy atom. The molecule has 1 aromatic heterocycles. The molecule has 28 heavy (non-hydrogen) atoms. The molecular weight excluding hydrogens is 381 g/mol. The van der Waals surface area contributed by atoms with Crippen molar-refractivity contribution in [3.8, 4) is 0 Å². The topological polar surface area (TPSA) is 63.1 Å². The Hall–Kier alpha value is -2.18. The minimum Gasteiger partial charge on any atom is -0.320 e. The van der Waals surface area contributed by atoms with Crippen LogP contribution in [0.2, 0.25) is 0 Å². The second-order valence-electron chi connectivity index (χ2n) is 7.58. The number of aromatic nitrogens is 1. The molecule has 150 valence electrons. The normalized spacial score (nSPS) is 23.5. The number of rotatable bonds is 4. The van der Waals surface area contributed by atoms with Crippen LogP contribution in [-0.2, 0) is 11.3 Å². The van der Waals surface area contributed by atoms with Gasteiger partial charge >= 0.3 is 0 Å². The van der Waals surface area contributed by atoms with Crippen molar-refractivity contribution >= 4 is 24.0 Å². The number of carbonyl (C=O) groups excluding carboxylic acids is 1. The smallest absolute Gasteiger partial charge is 0.274 e. The van der Waals surface area contributed by atoms with Crippen molar-refractivity contribution in [2.75, 3.05) is 5.32 Å². The number of fused-ring (bicyclic) bond motifs is 1. The minimum absolute atomic E-state index is 0. The molecule has 7 heteroatoms. The van der Waals surface area contributed by atoms with Crippen LogP contribution in [0.3, 0.4) is 0 Å². The van der Waals surface area contributed by atoms with Gasteiger partial charge in [0.25, 0.3) is 5.56 Å². The van der Waals surface area contributed by atoms with E-state index in [1.54, 1.807) is 30.5 Å². The van der Waals surface area contributed by atoms with Gasteiger partial charge in [-0.25, -0.2) is 4.39 Å². The molecule has 1 amide bonds. The number of hydrogen-bond acceptors (Lipinski definition) is 3. The first-order valence-corrected chi connectivity index (χ1v) is 9.61. The maximum absolute atomic E-state index is 13.0. The number of nitrogens with zero attached hydrogens (tertiary/aromatic N) is 1. The van der Waals surface area contributed by atoms with Crippen LogP contribution in [0, 0.1) is 11.7 Å². The molecule has 2 fully saturated rings. The van der Waals surface area contributed by atoms with Gasteiger partial charge in [0.15, 0.2) is 0 Å². The molecule has 2 N–H and O–H groups in total. The van der Waals surface area contributed by atoms with E-state index in [0.29, 0.717) is 18.5 Å². The van der Waals surface area contributed by atoms with Crippen LogP contribution in [-0.4, -0.2) is 22.6 Å². The maximum atomic E-state index is 13.0. The molecule has 2 heterocycles. The van der Waals surface area contributed by atoms with Crippen LogP contribution in [0.15, 0.2) is 47.4 Å². The largest absolute Gasteiger partial charge is 0.320 e. The summed E-state index contributed by atoms with van der Waals surface area (Å²) in [6.45, 7) is 0.328. The molecular formula is C21H25ClFN3O2. The fraction of sp³-hybridized carbons (Fsp3) is 0.429. The van der Waals surface area contributed by atoms with Crippen LogP contribution in [0.1, 0.15) is 37.7 Å². The number of hydrogen-bond donors (Lipinski definition) is 2. The lowest BCUT2D eigenvalue weighted by molar-refractivity contribution is -0.117. The van der Waals surface area contributed by atoms with Crippen molar-refractivity contribution in [2.45, 2.75) is 50.7 Å². The average Bonchev–Trinajstić information content (AvgIpc) is 3.11. The minimum atomic E-state index is -0.309. The van der Waals surface area contributed by atoms with E-state index in [1.807, 2.05) is 0 Å². The number of nitrogens with one attached hydrogen (secondary N) is 2. The zero-order chi connectivity index (χ0) is 18.8. The Labute approximate surface area is 169 Å². The summed E-state index contributed by atoms with van der Waals surface area (Å²) < 4.78 is 14.6. The van der Waals surface area contributed by atoms with Gasteiger partial charge in [-0.3, -0.25) is 9.59 Å². The molecule has 3 atom stereocenters. The predicted octanol–water partition coefficient (Wildman–Crippen LogP) is 3.32. The third-order valence-electron chi connectivity index (χ3n) is 5.72. The fourth-order valence-electron chi connectivity index (χ4n) is 4.28. The van der Waals surface area contributed by atoms with Gasteiger partial charge in [-0.1, -0.05) is 25.0 Å². The van der Waals surface area contributed by atoms with E-state index in [2.05, 4.69) is 10.6 Å². The SMILES string of the molecule is Cl.O=C(Nc1cccn(Cc2ccc(F)cc2)c1=O)C1CC2CCCCC2N1. The molecule has 2 aliphatic rings. The molecule has 0 bridgehead atoms. The Balaban J connectivity index is 0.00000225. The monoisotopic (exact) mass is 405 g/mol. The molecule has 1 aromatic carbocycles. The average molecular weight is 406 g/mol. The van der Waals surface area contributed by atoms with Crippen LogP contribution in [0.5, 0.6) is 0 Å². The van der Waals surface area contributed by atoms with Gasteiger partial charge in [0.2, 0.25) is 5.91 Å². The van der Waals surface area contributed by atoms with E-state index in [-0.39, 0.29) is 41.4 Å². The van der Waals surface area contributed by atoms with Crippen LogP contribution >= 0.6 is 12.4 Å². The van der Waals surface area contributed by atoms with Gasteiger partial charge in [0.1, 0.15) is 11.5 Å². The summed E-state index contributed by atoms with van der Waals surface area (Å²) in [7, 11) is 0. The second-order valence-corrected chi connectivity index (χ2v) is 7.58. The first-order valence-electron chi connectivity index (χ1n) is 9.61. The lowest BCUT2D eigenvalue weighted by Gasteiger charge is -2.24. The zero-order valence-electron chi connectivity index (χ0n) is 15.6. The first-order chi connectivity index (χ1) is 13.1. The lowest BCUT2D eigenvalue weighted by atomic mass is 9.85. The van der Waals surface area contributed by atoms with Crippen molar-refractivity contribution in [1.29, 1.82) is 0 Å². The molecule has 3 unspecified atom stereocenters. The van der Waals surface area contributed by atoms with Crippen molar-refractivity contribution in [1.82, 2.24) is 9.88 Å². The number of amides is 1. The Kier molecular flexibility index (Phi) is 6.52. The lowest BCUT2D eigenvalue weighted by Crippen LogP contribution is -2.41. The number of pyridine rings is 1. The summed E-state index contributed by atoms with van der Waals surface area (Å²) in [5, 5.41) is 6.24. The molecule has 1 saturated carbocycles. The summed E-state index contributed by atoms with van der Waals surface area (Å²) in [5.41, 5.74) is 0.843. The van der Waals surface area contributed by atoms with Gasteiger partial charge in [-0.15, -0.1) is 12.4 Å². The standard InChI is InChI=1S/C21H24FN3O2.ClH/c22-16-9-7-14(8-10-16)13-25-11-3-6-18(21(25)27)24-20(26)19-12-15-4-1-2-5-17(15)23-19;/h3,6-11,15,17,19,23H,1-2,4-5,12-13H2,(H,24,26);1H. The summed E-state index contributed by atoms with van der Waals surface area (Å²) in [6, 6.07) is 9.61. The molecule has 1 aliphatic carbocycles. The van der Waals surface area contributed by atoms with Crippen LogP contribution < -0.4 is 16.2 Å². The third kappa shape index (κ3) is 4.45. The molecule has 0 radical (unpaired) electrons. The maximum Gasteiger partial charge on any atom is 0.274 e. The summed E-state index contributed by atoms with van der Waals surface area (Å²) in [6.07, 6.45) is 7.28. The van der Waals surface area contributed by atoms with E-state index in [4.69, 9.17) is 0 Å². The molecule has 2 aromatic rings. The molecule has 4 rings (SSSR count). The fourth-order valence-corrected chi connectivity index (χ4v) is 4.28. The van der Waals surface area contributed by atoms with Crippen molar-refractivity contribution < 1.29 is 9.18 Å². The molecule has 1 aliphatic heterocycles. The number of halogens is 2. The Morgan fingerprint density at radius 1 is 1.18 bits per heavy atom. The van der Waals surface area contributed by atoms with Crippen LogP contribution in [0.25, 0.3) is 0 Å². The number of anilines is 1. The van der Waals surface area contributed by atoms with Gasteiger partial charge in [-0.05, 0) is 55.0 Å². The highest BCUT2D eigenvalue weighted by Crippen LogP contribution is 2.33. The van der Waals surface area contributed by atoms with Crippen LogP contribution in [0.4, 0.5) is 10.1 Å². The molecule has 0 spiro atoms. The number of benzene rings is 1. The summed E-state index contributed by atoms with van der Waals surface area (Å²) >= 11 is 0. The number of carbonyl (C=O) groups is 1. The third-order valence-corrected chi connectivity index (χ3v) is 5.72. The van der Waals surface area contributed by atoms with Gasteiger partial charge < -0.3 is 15.2 Å². The second kappa shape index (κ2) is 8.88. The predicted molar refractivity (Wildman–Crippen MR) is 109 cm³/mol. The Morgan fingerprint density at radius 3 is 2.68 bits per heavy atom. The van der Waals surface area contributed by atoms with Crippen molar-refractivity contribution in [3.63, 3.8) is 0 Å². The highest BCUT2D eigenvalue weighted by atomic mass is 35.5.